The number of hydrogen-bond donors (Lipinski definition) is 3. The van der Waals surface area contributed by atoms with Crippen LogP contribution < -0.4 is 35.9 Å². The largest absolute Gasteiger partial charge is 0.493 e. The van der Waals surface area contributed by atoms with Crippen molar-refractivity contribution in [3.63, 3.8) is 0 Å². The first-order valence-electron chi connectivity index (χ1n) is 10.3. The predicted octanol–water partition coefficient (Wildman–Crippen LogP) is 0.917. The van der Waals surface area contributed by atoms with Crippen molar-refractivity contribution in [2.75, 3.05) is 44.1 Å². The molecule has 1 atom stereocenters. The van der Waals surface area contributed by atoms with Gasteiger partial charge in [0.15, 0.2) is 18.1 Å². The molecule has 1 fully saturated rings. The molecule has 0 saturated carbocycles. The number of aromatic nitrogens is 1. The molecule has 1 aliphatic rings. The second kappa shape index (κ2) is 10.5. The van der Waals surface area contributed by atoms with Crippen LogP contribution in [0.1, 0.15) is 23.2 Å². The van der Waals surface area contributed by atoms with Crippen molar-refractivity contribution in [2.45, 2.75) is 12.8 Å². The van der Waals surface area contributed by atoms with E-state index in [0.29, 0.717) is 18.1 Å². The molecule has 2 heterocycles. The van der Waals surface area contributed by atoms with E-state index in [-0.39, 0.29) is 41.2 Å². The summed E-state index contributed by atoms with van der Waals surface area (Å²) in [5, 5.41) is 2.77. The van der Waals surface area contributed by atoms with Gasteiger partial charge >= 0.3 is 0 Å². The Bertz CT molecular complexity index is 1000. The average molecular weight is 457 g/mol. The van der Waals surface area contributed by atoms with E-state index in [1.165, 1.54) is 26.4 Å². The van der Waals surface area contributed by atoms with E-state index in [1.54, 1.807) is 18.3 Å². The molecule has 2 aromatic rings. The number of carbonyl (C=O) groups excluding carboxylic acids is 3. The van der Waals surface area contributed by atoms with Crippen LogP contribution in [0.15, 0.2) is 30.5 Å². The number of methoxy groups -OCH3 is 2. The molecule has 11 heteroatoms. The minimum atomic E-state index is -0.661. The number of carbonyl (C=O) groups is 3. The van der Waals surface area contributed by atoms with Crippen LogP contribution in [0.5, 0.6) is 17.2 Å². The summed E-state index contributed by atoms with van der Waals surface area (Å²) in [6, 6.07) is 6.44. The van der Waals surface area contributed by atoms with E-state index in [2.05, 4.69) is 10.3 Å². The third-order valence-corrected chi connectivity index (χ3v) is 5.24. The highest BCUT2D eigenvalue weighted by atomic mass is 16.5. The van der Waals surface area contributed by atoms with Gasteiger partial charge < -0.3 is 35.9 Å². The Labute approximate surface area is 191 Å². The molecule has 3 rings (SSSR count). The zero-order valence-electron chi connectivity index (χ0n) is 18.5. The molecule has 176 valence electrons. The van der Waals surface area contributed by atoms with E-state index in [4.69, 9.17) is 25.7 Å². The van der Waals surface area contributed by atoms with Gasteiger partial charge in [-0.1, -0.05) is 0 Å². The van der Waals surface area contributed by atoms with Crippen LogP contribution in [-0.2, 0) is 9.59 Å². The van der Waals surface area contributed by atoms with Gasteiger partial charge in [0.05, 0.1) is 32.0 Å². The van der Waals surface area contributed by atoms with Gasteiger partial charge in [0.2, 0.25) is 11.7 Å². The third-order valence-electron chi connectivity index (χ3n) is 5.24. The highest BCUT2D eigenvalue weighted by Gasteiger charge is 2.25. The Kier molecular flexibility index (Phi) is 7.54. The van der Waals surface area contributed by atoms with Gasteiger partial charge in [-0.3, -0.25) is 14.4 Å². The average Bonchev–Trinajstić information content (AvgIpc) is 2.82. The second-order valence-corrected chi connectivity index (χ2v) is 7.51. The summed E-state index contributed by atoms with van der Waals surface area (Å²) in [6.07, 6.45) is 3.18. The predicted molar refractivity (Wildman–Crippen MR) is 121 cm³/mol. The van der Waals surface area contributed by atoms with Crippen molar-refractivity contribution in [2.24, 2.45) is 17.4 Å². The van der Waals surface area contributed by atoms with Crippen LogP contribution >= 0.6 is 0 Å². The minimum Gasteiger partial charge on any atom is -0.493 e. The fourth-order valence-electron chi connectivity index (χ4n) is 3.56. The zero-order valence-corrected chi connectivity index (χ0v) is 18.5. The molecule has 1 saturated heterocycles. The molecule has 1 aliphatic heterocycles. The van der Waals surface area contributed by atoms with Crippen LogP contribution in [0.2, 0.25) is 0 Å². The number of pyridine rings is 1. The Hall–Kier alpha value is -4.02. The first-order chi connectivity index (χ1) is 15.8. The van der Waals surface area contributed by atoms with E-state index >= 15 is 0 Å². The number of hydrogen-bond acceptors (Lipinski definition) is 8. The van der Waals surface area contributed by atoms with Crippen molar-refractivity contribution in [3.8, 4) is 17.2 Å². The third kappa shape index (κ3) is 5.82. The molecular formula is C22H27N5O6. The maximum atomic E-state index is 12.8. The van der Waals surface area contributed by atoms with Gasteiger partial charge in [-0.05, 0) is 37.1 Å². The van der Waals surface area contributed by atoms with E-state index < -0.39 is 11.8 Å². The molecule has 11 nitrogen and oxygen atoms in total. The van der Waals surface area contributed by atoms with E-state index in [0.717, 1.165) is 19.4 Å². The van der Waals surface area contributed by atoms with Crippen molar-refractivity contribution in [1.29, 1.82) is 0 Å². The molecule has 33 heavy (non-hydrogen) atoms. The lowest BCUT2D eigenvalue weighted by atomic mass is 9.97. The first kappa shape index (κ1) is 23.6. The van der Waals surface area contributed by atoms with Crippen LogP contribution in [-0.4, -0.2) is 56.6 Å². The zero-order chi connectivity index (χ0) is 24.0. The number of nitrogens with two attached hydrogens (primary N) is 2. The fraction of sp³-hybridized carbons (Fsp3) is 0.364. The molecular weight excluding hydrogens is 430 g/mol. The lowest BCUT2D eigenvalue weighted by molar-refractivity contribution is -0.122. The van der Waals surface area contributed by atoms with Crippen molar-refractivity contribution < 1.29 is 28.6 Å². The van der Waals surface area contributed by atoms with Gasteiger partial charge in [0.1, 0.15) is 5.82 Å². The lowest BCUT2D eigenvalue weighted by Crippen LogP contribution is -2.41. The molecule has 1 aromatic heterocycles. The standard InChI is InChI=1S/C22H27N5O6/c1-31-16-8-14(9-17(32-2)20(16)33-12-18(23)28)22(30)26-15-5-6-19(25-10-15)27-7-3-4-13(11-27)21(24)29/h5-6,8-10,13H,3-4,7,11-12H2,1-2H3,(H2,23,28)(H2,24,29)(H,26,30). The highest BCUT2D eigenvalue weighted by molar-refractivity contribution is 6.05. The summed E-state index contributed by atoms with van der Waals surface area (Å²) in [5.41, 5.74) is 11.3. The van der Waals surface area contributed by atoms with Crippen LogP contribution in [0, 0.1) is 5.92 Å². The number of anilines is 2. The summed E-state index contributed by atoms with van der Waals surface area (Å²) < 4.78 is 15.9. The van der Waals surface area contributed by atoms with Crippen LogP contribution in [0.3, 0.4) is 0 Å². The molecule has 0 radical (unpaired) electrons. The van der Waals surface area contributed by atoms with Gasteiger partial charge in [0, 0.05) is 18.7 Å². The quantitative estimate of drug-likeness (QED) is 0.501. The Morgan fingerprint density at radius 1 is 1.15 bits per heavy atom. The summed E-state index contributed by atoms with van der Waals surface area (Å²) in [4.78, 5) is 41.8. The SMILES string of the molecule is COc1cc(C(=O)Nc2ccc(N3CCCC(C(N)=O)C3)nc2)cc(OC)c1OCC(N)=O. The number of piperidine rings is 1. The maximum Gasteiger partial charge on any atom is 0.255 e. The molecule has 1 aromatic carbocycles. The monoisotopic (exact) mass is 457 g/mol. The number of primary amides is 2. The topological polar surface area (TPSA) is 159 Å². The van der Waals surface area contributed by atoms with Crippen molar-refractivity contribution in [3.05, 3.63) is 36.0 Å². The summed E-state index contributed by atoms with van der Waals surface area (Å²) in [5.74, 6) is -0.289. The maximum absolute atomic E-state index is 12.8. The number of benzene rings is 1. The fourth-order valence-corrected chi connectivity index (χ4v) is 3.56. The number of rotatable bonds is 9. The van der Waals surface area contributed by atoms with Gasteiger partial charge in [0.25, 0.3) is 11.8 Å². The number of amides is 3. The lowest BCUT2D eigenvalue weighted by Gasteiger charge is -2.32. The molecule has 0 spiro atoms. The van der Waals surface area contributed by atoms with Gasteiger partial charge in [-0.15, -0.1) is 0 Å². The molecule has 3 amide bonds. The van der Waals surface area contributed by atoms with E-state index in [1.807, 2.05) is 4.90 Å². The normalized spacial score (nSPS) is 15.5. The summed E-state index contributed by atoms with van der Waals surface area (Å²) >= 11 is 0. The van der Waals surface area contributed by atoms with Gasteiger partial charge in [-0.25, -0.2) is 4.98 Å². The summed E-state index contributed by atoms with van der Waals surface area (Å²) in [7, 11) is 2.80. The summed E-state index contributed by atoms with van der Waals surface area (Å²) in [6.45, 7) is 0.942. The van der Waals surface area contributed by atoms with E-state index in [9.17, 15) is 14.4 Å². The molecule has 1 unspecified atom stereocenters. The number of nitrogens with zero attached hydrogens (tertiary/aromatic N) is 2. The van der Waals surface area contributed by atoms with Crippen LogP contribution in [0.4, 0.5) is 11.5 Å². The number of ether oxygens (including phenoxy) is 3. The van der Waals surface area contributed by atoms with Crippen molar-refractivity contribution >= 4 is 29.2 Å². The Morgan fingerprint density at radius 2 is 1.85 bits per heavy atom. The second-order valence-electron chi connectivity index (χ2n) is 7.51. The Morgan fingerprint density at radius 3 is 2.39 bits per heavy atom. The highest BCUT2D eigenvalue weighted by Crippen LogP contribution is 2.38. The first-order valence-corrected chi connectivity index (χ1v) is 10.3. The minimum absolute atomic E-state index is 0.164. The Balaban J connectivity index is 1.73. The molecule has 0 aliphatic carbocycles. The molecule has 5 N–H and O–H groups in total. The van der Waals surface area contributed by atoms with Crippen LogP contribution in [0.25, 0.3) is 0 Å². The number of nitrogens with one attached hydrogen (secondary N) is 1. The van der Waals surface area contributed by atoms with Crippen molar-refractivity contribution in [1.82, 2.24) is 4.98 Å². The van der Waals surface area contributed by atoms with Gasteiger partial charge in [-0.2, -0.15) is 0 Å². The molecule has 0 bridgehead atoms. The smallest absolute Gasteiger partial charge is 0.255 e.